The van der Waals surface area contributed by atoms with E-state index in [2.05, 4.69) is 15.3 Å². The van der Waals surface area contributed by atoms with Gasteiger partial charge in [0.1, 0.15) is 11.5 Å². The molecule has 138 valence electrons. The molecule has 0 fully saturated rings. The number of aromatic nitrogens is 2. The third-order valence-electron chi connectivity index (χ3n) is 3.01. The summed E-state index contributed by atoms with van der Waals surface area (Å²) in [7, 11) is 1.18. The molecular weight excluding hydrogens is 403 g/mol. The monoisotopic (exact) mass is 410 g/mol. The van der Waals surface area contributed by atoms with Crippen molar-refractivity contribution in [3.8, 4) is 11.3 Å². The maximum absolute atomic E-state index is 14.2. The summed E-state index contributed by atoms with van der Waals surface area (Å²) < 4.78 is 52.1. The number of hydrogen-bond donors (Lipinski definition) is 2. The molecule has 2 amide bonds. The lowest BCUT2D eigenvalue weighted by Gasteiger charge is -2.15. The number of nitrogens with zero attached hydrogens (tertiary/aromatic N) is 2. The van der Waals surface area contributed by atoms with Crippen molar-refractivity contribution in [1.82, 2.24) is 15.3 Å². The highest BCUT2D eigenvalue weighted by atomic mass is 35.5. The smallest absolute Gasteiger partial charge is 0.354 e. The maximum Gasteiger partial charge on any atom is 0.471 e. The van der Waals surface area contributed by atoms with Gasteiger partial charge in [-0.3, -0.25) is 9.59 Å². The maximum atomic E-state index is 14.2. The summed E-state index contributed by atoms with van der Waals surface area (Å²) in [5, 5.41) is 3.09. The van der Waals surface area contributed by atoms with Gasteiger partial charge in [-0.2, -0.15) is 13.2 Å². The highest BCUT2D eigenvalue weighted by Gasteiger charge is 2.40. The van der Waals surface area contributed by atoms with Gasteiger partial charge in [0, 0.05) is 17.6 Å². The molecule has 1 aromatic carbocycles. The fourth-order valence-corrected chi connectivity index (χ4v) is 2.22. The molecule has 0 spiro atoms. The van der Waals surface area contributed by atoms with Gasteiger partial charge in [-0.05, 0) is 29.8 Å². The van der Waals surface area contributed by atoms with Crippen molar-refractivity contribution in [3.63, 3.8) is 0 Å². The summed E-state index contributed by atoms with van der Waals surface area (Å²) in [5.41, 5.74) is -2.29. The molecule has 26 heavy (non-hydrogen) atoms. The van der Waals surface area contributed by atoms with Crippen LogP contribution in [0.5, 0.6) is 0 Å². The molecule has 0 aliphatic heterocycles. The van der Waals surface area contributed by atoms with E-state index in [0.717, 1.165) is 12.1 Å². The Morgan fingerprint density at radius 2 is 1.81 bits per heavy atom. The molecule has 0 saturated heterocycles. The zero-order chi connectivity index (χ0) is 19.6. The number of alkyl halides is 3. The molecular formula is C14H8Cl2F4N4O2. The Morgan fingerprint density at radius 3 is 2.35 bits per heavy atom. The van der Waals surface area contributed by atoms with Gasteiger partial charge >= 0.3 is 12.1 Å². The van der Waals surface area contributed by atoms with Gasteiger partial charge < -0.3 is 10.6 Å². The first kappa shape index (κ1) is 19.9. The van der Waals surface area contributed by atoms with Crippen molar-refractivity contribution in [1.29, 1.82) is 0 Å². The Balaban J connectivity index is 2.75. The second-order valence-electron chi connectivity index (χ2n) is 4.72. The summed E-state index contributed by atoms with van der Waals surface area (Å²) in [5.74, 6) is -4.33. The van der Waals surface area contributed by atoms with Crippen LogP contribution in [0.2, 0.25) is 10.3 Å². The molecule has 0 radical (unpaired) electrons. The van der Waals surface area contributed by atoms with Crippen LogP contribution in [0.1, 0.15) is 10.5 Å². The number of hydrogen-bond acceptors (Lipinski definition) is 4. The van der Waals surface area contributed by atoms with Crippen LogP contribution in [0.3, 0.4) is 0 Å². The predicted octanol–water partition coefficient (Wildman–Crippen LogP) is 3.45. The second kappa shape index (κ2) is 7.42. The van der Waals surface area contributed by atoms with Gasteiger partial charge in [0.15, 0.2) is 5.69 Å². The number of halogens is 6. The van der Waals surface area contributed by atoms with Crippen LogP contribution in [0, 0.1) is 5.82 Å². The molecule has 1 heterocycles. The molecule has 0 aliphatic carbocycles. The third-order valence-corrected chi connectivity index (χ3v) is 3.41. The van der Waals surface area contributed by atoms with Crippen LogP contribution < -0.4 is 10.6 Å². The Kier molecular flexibility index (Phi) is 5.67. The Morgan fingerprint density at radius 1 is 1.15 bits per heavy atom. The van der Waals surface area contributed by atoms with E-state index >= 15 is 0 Å². The van der Waals surface area contributed by atoms with Gasteiger partial charge in [-0.15, -0.1) is 0 Å². The zero-order valence-electron chi connectivity index (χ0n) is 12.7. The van der Waals surface area contributed by atoms with Crippen LogP contribution in [0.15, 0.2) is 18.2 Å². The van der Waals surface area contributed by atoms with Gasteiger partial charge in [-0.25, -0.2) is 14.4 Å². The minimum Gasteiger partial charge on any atom is -0.354 e. The van der Waals surface area contributed by atoms with Crippen LogP contribution in [-0.2, 0) is 4.79 Å². The Bertz CT molecular complexity index is 890. The van der Waals surface area contributed by atoms with Crippen LogP contribution in [0.4, 0.5) is 23.2 Å². The summed E-state index contributed by atoms with van der Waals surface area (Å²) in [4.78, 5) is 30.4. The number of rotatable bonds is 3. The standard InChI is InChI=1S/C14H8Cl2F4N4O2/c1-21-11(25)10-9(22-12(26)14(18,19)20)8(23-13(16)24-10)6-3-2-5(15)4-7(6)17/h2-4H,1H3,(H,21,25)(H,22,26). The van der Waals surface area contributed by atoms with E-state index in [4.69, 9.17) is 23.2 Å². The third kappa shape index (κ3) is 4.20. The van der Waals surface area contributed by atoms with Crippen LogP contribution in [0.25, 0.3) is 11.3 Å². The van der Waals surface area contributed by atoms with E-state index in [1.54, 1.807) is 0 Å². The highest BCUT2D eigenvalue weighted by molar-refractivity contribution is 6.30. The minimum atomic E-state index is -5.27. The predicted molar refractivity (Wildman–Crippen MR) is 85.5 cm³/mol. The number of carbonyl (C=O) groups excluding carboxylic acids is 2. The van der Waals surface area contributed by atoms with Gasteiger partial charge in [-0.1, -0.05) is 11.6 Å². The molecule has 0 aliphatic rings. The number of anilines is 1. The van der Waals surface area contributed by atoms with Crippen molar-refractivity contribution in [2.45, 2.75) is 6.18 Å². The normalized spacial score (nSPS) is 11.2. The fraction of sp³-hybridized carbons (Fsp3) is 0.143. The molecule has 1 aromatic heterocycles. The van der Waals surface area contributed by atoms with Gasteiger partial charge in [0.2, 0.25) is 5.28 Å². The van der Waals surface area contributed by atoms with Crippen molar-refractivity contribution >= 4 is 40.7 Å². The van der Waals surface area contributed by atoms with E-state index in [1.165, 1.54) is 18.4 Å². The number of benzene rings is 1. The van der Waals surface area contributed by atoms with Crippen molar-refractivity contribution in [3.05, 3.63) is 40.0 Å². The Hall–Kier alpha value is -2.46. The SMILES string of the molecule is CNC(=O)c1nc(Cl)nc(-c2ccc(Cl)cc2F)c1NC(=O)C(F)(F)F. The molecule has 0 bridgehead atoms. The van der Waals surface area contributed by atoms with Crippen molar-refractivity contribution in [2.75, 3.05) is 12.4 Å². The van der Waals surface area contributed by atoms with E-state index in [-0.39, 0.29) is 10.6 Å². The number of carbonyl (C=O) groups is 2. The summed E-state index contributed by atoms with van der Waals surface area (Å²) in [6, 6.07) is 3.22. The zero-order valence-corrected chi connectivity index (χ0v) is 14.2. The lowest BCUT2D eigenvalue weighted by molar-refractivity contribution is -0.167. The first-order valence-electron chi connectivity index (χ1n) is 6.67. The van der Waals surface area contributed by atoms with E-state index in [0.29, 0.717) is 0 Å². The van der Waals surface area contributed by atoms with Gasteiger partial charge in [0.25, 0.3) is 5.91 Å². The molecule has 2 N–H and O–H groups in total. The van der Waals surface area contributed by atoms with Gasteiger partial charge in [0.05, 0.1) is 5.69 Å². The largest absolute Gasteiger partial charge is 0.471 e. The number of amides is 2. The topological polar surface area (TPSA) is 84.0 Å². The molecule has 12 heteroatoms. The Labute approximate surface area is 153 Å². The minimum absolute atomic E-state index is 0.0128. The molecule has 0 atom stereocenters. The quantitative estimate of drug-likeness (QED) is 0.599. The number of nitrogens with one attached hydrogen (secondary N) is 2. The highest BCUT2D eigenvalue weighted by Crippen LogP contribution is 2.33. The average molecular weight is 411 g/mol. The summed E-state index contributed by atoms with van der Waals surface area (Å²) in [6.45, 7) is 0. The van der Waals surface area contributed by atoms with E-state index in [1.807, 2.05) is 0 Å². The lowest BCUT2D eigenvalue weighted by Crippen LogP contribution is -2.32. The molecule has 0 unspecified atom stereocenters. The van der Waals surface area contributed by atoms with Crippen LogP contribution in [-0.4, -0.2) is 35.0 Å². The van der Waals surface area contributed by atoms with Crippen LogP contribution >= 0.6 is 23.2 Å². The first-order valence-corrected chi connectivity index (χ1v) is 7.43. The molecule has 0 saturated carbocycles. The van der Waals surface area contributed by atoms with E-state index < -0.39 is 46.2 Å². The lowest BCUT2D eigenvalue weighted by atomic mass is 10.1. The van der Waals surface area contributed by atoms with E-state index in [9.17, 15) is 27.2 Å². The molecule has 2 aromatic rings. The molecule has 2 rings (SSSR count). The fourth-order valence-electron chi connectivity index (χ4n) is 1.90. The van der Waals surface area contributed by atoms with Crippen molar-refractivity contribution < 1.29 is 27.2 Å². The summed E-state index contributed by atoms with van der Waals surface area (Å²) >= 11 is 11.3. The second-order valence-corrected chi connectivity index (χ2v) is 5.49. The molecule has 6 nitrogen and oxygen atoms in total. The van der Waals surface area contributed by atoms with Crippen molar-refractivity contribution in [2.24, 2.45) is 0 Å². The average Bonchev–Trinajstić information content (AvgIpc) is 2.54. The first-order chi connectivity index (χ1) is 12.0. The summed E-state index contributed by atoms with van der Waals surface area (Å²) in [6.07, 6.45) is -5.27.